The van der Waals surface area contributed by atoms with Gasteiger partial charge in [0.15, 0.2) is 0 Å². The summed E-state index contributed by atoms with van der Waals surface area (Å²) in [5, 5.41) is 0. The minimum absolute atomic E-state index is 0.0330. The summed E-state index contributed by atoms with van der Waals surface area (Å²) in [5.74, 6) is 0.0330. The fourth-order valence-electron chi connectivity index (χ4n) is 3.12. The molecule has 1 amide bonds. The van der Waals surface area contributed by atoms with E-state index >= 15 is 0 Å². The van der Waals surface area contributed by atoms with Crippen LogP contribution in [-0.2, 0) is 9.53 Å². The summed E-state index contributed by atoms with van der Waals surface area (Å²) >= 11 is 0. The maximum absolute atomic E-state index is 12.7. The van der Waals surface area contributed by atoms with Gasteiger partial charge in [0, 0.05) is 45.5 Å². The number of hydrogen-bond donors (Lipinski definition) is 0. The lowest BCUT2D eigenvalue weighted by atomic mass is 10.3. The predicted octanol–water partition coefficient (Wildman–Crippen LogP) is 0.907. The first kappa shape index (κ1) is 15.3. The highest BCUT2D eigenvalue weighted by Crippen LogP contribution is 2.14. The Balaban J connectivity index is 1.70. The summed E-state index contributed by atoms with van der Waals surface area (Å²) in [4.78, 5) is 23.5. The Kier molecular flexibility index (Phi) is 5.32. The number of ether oxygens (including phenoxy) is 1. The molecule has 0 atom stereocenters. The van der Waals surface area contributed by atoms with E-state index < -0.39 is 0 Å². The zero-order chi connectivity index (χ0) is 15.2. The molecule has 0 N–H and O–H groups in total. The molecule has 0 spiro atoms. The number of nitrogens with zero attached hydrogens (tertiary/aromatic N) is 4. The largest absolute Gasteiger partial charge is 0.378 e. The molecule has 0 radical (unpaired) electrons. The summed E-state index contributed by atoms with van der Waals surface area (Å²) in [6.45, 7) is 6.72. The van der Waals surface area contributed by atoms with Gasteiger partial charge in [-0.2, -0.15) is 0 Å². The van der Waals surface area contributed by atoms with Crippen molar-refractivity contribution >= 4 is 12.2 Å². The van der Waals surface area contributed by atoms with Gasteiger partial charge in [-0.05, 0) is 25.7 Å². The normalized spacial score (nSPS) is 23.8. The Morgan fingerprint density at radius 3 is 2.09 bits per heavy atom. The lowest BCUT2D eigenvalue weighted by molar-refractivity contribution is -0.131. The van der Waals surface area contributed by atoms with Crippen molar-refractivity contribution in [2.75, 3.05) is 52.5 Å². The van der Waals surface area contributed by atoms with Gasteiger partial charge in [0.25, 0.3) is 5.91 Å². The van der Waals surface area contributed by atoms with Crippen LogP contribution in [0.2, 0.25) is 0 Å². The standard InChI is InChI=1S/C16H26N4O2/c21-16(20-9-11-22-12-10-20)15(13-18-5-1-2-6-18)17-14-19-7-3-4-8-19/h13-14H,1-12H2/b15-13-,17-14?. The second-order valence-electron chi connectivity index (χ2n) is 6.15. The summed E-state index contributed by atoms with van der Waals surface area (Å²) < 4.78 is 5.33. The Morgan fingerprint density at radius 2 is 1.45 bits per heavy atom. The van der Waals surface area contributed by atoms with Crippen LogP contribution in [0, 0.1) is 0 Å². The molecule has 6 heteroatoms. The predicted molar refractivity (Wildman–Crippen MR) is 85.6 cm³/mol. The first-order valence-electron chi connectivity index (χ1n) is 8.44. The van der Waals surface area contributed by atoms with Crippen LogP contribution in [0.4, 0.5) is 0 Å². The number of aliphatic imine (C=N–C) groups is 1. The first-order chi connectivity index (χ1) is 10.8. The average molecular weight is 306 g/mol. The van der Waals surface area contributed by atoms with Crippen molar-refractivity contribution in [2.24, 2.45) is 4.99 Å². The minimum Gasteiger partial charge on any atom is -0.378 e. The summed E-state index contributed by atoms with van der Waals surface area (Å²) in [7, 11) is 0. The number of hydrogen-bond acceptors (Lipinski definition) is 4. The third kappa shape index (κ3) is 4.00. The van der Waals surface area contributed by atoms with Crippen molar-refractivity contribution < 1.29 is 9.53 Å². The first-order valence-corrected chi connectivity index (χ1v) is 8.44. The topological polar surface area (TPSA) is 48.4 Å². The molecule has 3 rings (SSSR count). The van der Waals surface area contributed by atoms with Gasteiger partial charge < -0.3 is 19.4 Å². The van der Waals surface area contributed by atoms with Gasteiger partial charge in [0.1, 0.15) is 5.70 Å². The molecule has 0 aromatic heterocycles. The molecule has 122 valence electrons. The number of carbonyl (C=O) groups excluding carboxylic acids is 1. The van der Waals surface area contributed by atoms with Gasteiger partial charge in [0.05, 0.1) is 19.6 Å². The van der Waals surface area contributed by atoms with Gasteiger partial charge in [-0.3, -0.25) is 4.79 Å². The average Bonchev–Trinajstić information content (AvgIpc) is 3.25. The van der Waals surface area contributed by atoms with Crippen LogP contribution in [0.5, 0.6) is 0 Å². The van der Waals surface area contributed by atoms with Crippen molar-refractivity contribution in [1.29, 1.82) is 0 Å². The molecule has 0 aliphatic carbocycles. The van der Waals surface area contributed by atoms with Crippen molar-refractivity contribution in [3.8, 4) is 0 Å². The third-order valence-corrected chi connectivity index (χ3v) is 4.46. The SMILES string of the molecule is O=C(/C(=C/N1CCCC1)N=CN1CCCC1)N1CCOCC1. The van der Waals surface area contributed by atoms with Gasteiger partial charge >= 0.3 is 0 Å². The molecule has 0 aromatic rings. The number of rotatable bonds is 4. The van der Waals surface area contributed by atoms with Crippen molar-refractivity contribution in [2.45, 2.75) is 25.7 Å². The number of carbonyl (C=O) groups is 1. The van der Waals surface area contributed by atoms with Crippen LogP contribution >= 0.6 is 0 Å². The quantitative estimate of drug-likeness (QED) is 0.440. The molecule has 0 bridgehead atoms. The maximum Gasteiger partial charge on any atom is 0.274 e. The smallest absolute Gasteiger partial charge is 0.274 e. The van der Waals surface area contributed by atoms with Gasteiger partial charge in [-0.15, -0.1) is 0 Å². The van der Waals surface area contributed by atoms with Crippen LogP contribution in [-0.4, -0.2) is 79.4 Å². The van der Waals surface area contributed by atoms with Gasteiger partial charge in [-0.25, -0.2) is 4.99 Å². The van der Waals surface area contributed by atoms with Crippen LogP contribution < -0.4 is 0 Å². The minimum atomic E-state index is 0.0330. The van der Waals surface area contributed by atoms with E-state index in [4.69, 9.17) is 4.74 Å². The maximum atomic E-state index is 12.7. The van der Waals surface area contributed by atoms with Crippen LogP contribution in [0.15, 0.2) is 16.9 Å². The summed E-state index contributed by atoms with van der Waals surface area (Å²) in [5.41, 5.74) is 0.565. The Bertz CT molecular complexity index is 431. The van der Waals surface area contributed by atoms with Crippen molar-refractivity contribution in [3.63, 3.8) is 0 Å². The summed E-state index contributed by atoms with van der Waals surface area (Å²) in [6.07, 6.45) is 8.64. The van der Waals surface area contributed by atoms with Crippen molar-refractivity contribution in [3.05, 3.63) is 11.9 Å². The molecule has 22 heavy (non-hydrogen) atoms. The van der Waals surface area contributed by atoms with E-state index in [1.807, 2.05) is 17.4 Å². The summed E-state index contributed by atoms with van der Waals surface area (Å²) in [6, 6.07) is 0. The second-order valence-corrected chi connectivity index (χ2v) is 6.15. The molecule has 3 fully saturated rings. The van der Waals surface area contributed by atoms with E-state index in [1.165, 1.54) is 25.7 Å². The van der Waals surface area contributed by atoms with E-state index in [0.29, 0.717) is 32.0 Å². The fourth-order valence-corrected chi connectivity index (χ4v) is 3.12. The molecule has 0 saturated carbocycles. The number of amides is 1. The third-order valence-electron chi connectivity index (χ3n) is 4.46. The Labute approximate surface area is 132 Å². The second kappa shape index (κ2) is 7.63. The lowest BCUT2D eigenvalue weighted by Gasteiger charge is -2.27. The number of likely N-dealkylation sites (tertiary alicyclic amines) is 2. The number of morpholine rings is 1. The molecule has 3 heterocycles. The van der Waals surface area contributed by atoms with Crippen molar-refractivity contribution in [1.82, 2.24) is 14.7 Å². The monoisotopic (exact) mass is 306 g/mol. The van der Waals surface area contributed by atoms with E-state index in [-0.39, 0.29) is 5.91 Å². The van der Waals surface area contributed by atoms with E-state index in [2.05, 4.69) is 14.8 Å². The van der Waals surface area contributed by atoms with E-state index in [1.54, 1.807) is 0 Å². The molecule has 3 aliphatic heterocycles. The lowest BCUT2D eigenvalue weighted by Crippen LogP contribution is -2.41. The highest BCUT2D eigenvalue weighted by Gasteiger charge is 2.22. The zero-order valence-electron chi connectivity index (χ0n) is 13.2. The zero-order valence-corrected chi connectivity index (χ0v) is 13.2. The molecular formula is C16H26N4O2. The van der Waals surface area contributed by atoms with Gasteiger partial charge in [-0.1, -0.05) is 0 Å². The van der Waals surface area contributed by atoms with Crippen LogP contribution in [0.3, 0.4) is 0 Å². The molecule has 3 aliphatic rings. The Morgan fingerprint density at radius 1 is 0.864 bits per heavy atom. The highest BCUT2D eigenvalue weighted by atomic mass is 16.5. The van der Waals surface area contributed by atoms with E-state index in [0.717, 1.165) is 26.2 Å². The Hall–Kier alpha value is -1.56. The molecule has 3 saturated heterocycles. The highest BCUT2D eigenvalue weighted by molar-refractivity contribution is 5.94. The van der Waals surface area contributed by atoms with Crippen LogP contribution in [0.1, 0.15) is 25.7 Å². The van der Waals surface area contributed by atoms with Gasteiger partial charge in [0.2, 0.25) is 0 Å². The molecule has 6 nitrogen and oxygen atoms in total. The molecular weight excluding hydrogens is 280 g/mol. The molecule has 0 unspecified atom stereocenters. The van der Waals surface area contributed by atoms with E-state index in [9.17, 15) is 4.79 Å². The van der Waals surface area contributed by atoms with Crippen LogP contribution in [0.25, 0.3) is 0 Å². The molecule has 0 aromatic carbocycles. The fraction of sp³-hybridized carbons (Fsp3) is 0.750.